The van der Waals surface area contributed by atoms with E-state index in [0.29, 0.717) is 30.5 Å². The van der Waals surface area contributed by atoms with Crippen LogP contribution in [0.15, 0.2) is 38.2 Å². The van der Waals surface area contributed by atoms with Gasteiger partial charge < -0.3 is 14.6 Å². The smallest absolute Gasteiger partial charge is 0.228 e. The van der Waals surface area contributed by atoms with E-state index in [-0.39, 0.29) is 6.04 Å². The molecule has 1 aromatic carbocycles. The fourth-order valence-electron chi connectivity index (χ4n) is 1.79. The molecule has 0 saturated carbocycles. The minimum absolute atomic E-state index is 0.180. The van der Waals surface area contributed by atoms with Gasteiger partial charge in [0.2, 0.25) is 5.89 Å². The lowest BCUT2D eigenvalue weighted by Crippen LogP contribution is -2.32. The summed E-state index contributed by atoms with van der Waals surface area (Å²) in [5, 5.41) is 7.18. The average Bonchev–Trinajstić information content (AvgIpc) is 2.93. The van der Waals surface area contributed by atoms with E-state index in [1.165, 1.54) is 0 Å². The van der Waals surface area contributed by atoms with Crippen molar-refractivity contribution in [3.05, 3.63) is 40.5 Å². The van der Waals surface area contributed by atoms with E-state index in [1.54, 1.807) is 18.9 Å². The molecule has 2 aromatic rings. The summed E-state index contributed by atoms with van der Waals surface area (Å²) in [6.07, 6.45) is 0.664. The highest BCUT2D eigenvalue weighted by molar-refractivity contribution is 9.10. The first-order valence-electron chi connectivity index (χ1n) is 6.58. The van der Waals surface area contributed by atoms with Gasteiger partial charge in [-0.05, 0) is 35.1 Å². The molecule has 0 radical (unpaired) electrons. The fourth-order valence-corrected chi connectivity index (χ4v) is 3.20. The van der Waals surface area contributed by atoms with Crippen LogP contribution in [0.5, 0.6) is 0 Å². The predicted molar refractivity (Wildman–Crippen MR) is 86.4 cm³/mol. The number of halogens is 1. The number of thioether (sulfide) groups is 1. The van der Waals surface area contributed by atoms with Crippen molar-refractivity contribution >= 4 is 27.7 Å². The summed E-state index contributed by atoms with van der Waals surface area (Å²) in [6, 6.07) is 8.27. The topological polar surface area (TPSA) is 60.2 Å². The molecule has 114 valence electrons. The molecule has 0 aliphatic rings. The zero-order valence-electron chi connectivity index (χ0n) is 12.0. The molecule has 0 bridgehead atoms. The molecule has 1 N–H and O–H groups in total. The van der Waals surface area contributed by atoms with E-state index in [9.17, 15) is 0 Å². The summed E-state index contributed by atoms with van der Waals surface area (Å²) in [6.45, 7) is 0.611. The van der Waals surface area contributed by atoms with E-state index in [1.807, 2.05) is 25.2 Å². The van der Waals surface area contributed by atoms with Gasteiger partial charge in [-0.15, -0.1) is 11.8 Å². The molecule has 21 heavy (non-hydrogen) atoms. The minimum atomic E-state index is 0.180. The van der Waals surface area contributed by atoms with E-state index in [0.717, 1.165) is 9.37 Å². The standard InChI is InChI=1S/C14H18BrN3O2S/c1-16-10(8-19-2)7-14-17-13(18-20-14)9-21-12-6-4-3-5-11(12)15/h3-6,10,16H,7-9H2,1-2H3. The summed E-state index contributed by atoms with van der Waals surface area (Å²) >= 11 is 5.20. The Morgan fingerprint density at radius 3 is 2.95 bits per heavy atom. The Morgan fingerprint density at radius 1 is 1.43 bits per heavy atom. The number of ether oxygens (including phenoxy) is 1. The Hall–Kier alpha value is -0.890. The lowest BCUT2D eigenvalue weighted by molar-refractivity contribution is 0.165. The first kappa shape index (κ1) is 16.5. The number of likely N-dealkylation sites (N-methyl/N-ethyl adjacent to an activating group) is 1. The number of nitrogens with zero attached hydrogens (tertiary/aromatic N) is 2. The number of methoxy groups -OCH3 is 1. The van der Waals surface area contributed by atoms with E-state index in [4.69, 9.17) is 9.26 Å². The van der Waals surface area contributed by atoms with Crippen molar-refractivity contribution in [2.75, 3.05) is 20.8 Å². The third-order valence-electron chi connectivity index (χ3n) is 2.90. The van der Waals surface area contributed by atoms with Crippen LogP contribution in [0, 0.1) is 0 Å². The van der Waals surface area contributed by atoms with Crippen LogP contribution in [0.2, 0.25) is 0 Å². The third kappa shape index (κ3) is 5.10. The molecular formula is C14H18BrN3O2S. The van der Waals surface area contributed by atoms with Gasteiger partial charge in [0, 0.05) is 28.9 Å². The van der Waals surface area contributed by atoms with Gasteiger partial charge in [0.1, 0.15) is 0 Å². The zero-order valence-corrected chi connectivity index (χ0v) is 14.4. The molecule has 0 aliphatic heterocycles. The van der Waals surface area contributed by atoms with Crippen LogP contribution in [0.3, 0.4) is 0 Å². The lowest BCUT2D eigenvalue weighted by Gasteiger charge is -2.11. The molecule has 1 unspecified atom stereocenters. The van der Waals surface area contributed by atoms with Crippen LogP contribution in [0.25, 0.3) is 0 Å². The Morgan fingerprint density at radius 2 is 2.24 bits per heavy atom. The highest BCUT2D eigenvalue weighted by Crippen LogP contribution is 2.28. The number of aromatic nitrogens is 2. The highest BCUT2D eigenvalue weighted by Gasteiger charge is 2.13. The average molecular weight is 372 g/mol. The quantitative estimate of drug-likeness (QED) is 0.719. The van der Waals surface area contributed by atoms with Crippen molar-refractivity contribution < 1.29 is 9.26 Å². The molecule has 0 saturated heterocycles. The monoisotopic (exact) mass is 371 g/mol. The molecule has 7 heteroatoms. The molecule has 1 atom stereocenters. The number of benzene rings is 1. The zero-order chi connectivity index (χ0) is 15.1. The largest absolute Gasteiger partial charge is 0.383 e. The second kappa shape index (κ2) is 8.53. The van der Waals surface area contributed by atoms with Crippen LogP contribution in [0.4, 0.5) is 0 Å². The SMILES string of the molecule is CNC(COC)Cc1nc(CSc2ccccc2Br)no1. The van der Waals surface area contributed by atoms with Crippen molar-refractivity contribution in [1.29, 1.82) is 0 Å². The van der Waals surface area contributed by atoms with Crippen molar-refractivity contribution in [2.24, 2.45) is 0 Å². The van der Waals surface area contributed by atoms with Crippen LogP contribution < -0.4 is 5.32 Å². The Kier molecular flexibility index (Phi) is 6.69. The van der Waals surface area contributed by atoms with Gasteiger partial charge in [0.05, 0.1) is 12.4 Å². The first-order chi connectivity index (χ1) is 10.2. The summed E-state index contributed by atoms with van der Waals surface area (Å²) in [5.74, 6) is 2.02. The summed E-state index contributed by atoms with van der Waals surface area (Å²) in [7, 11) is 3.57. The molecule has 0 aliphatic carbocycles. The summed E-state index contributed by atoms with van der Waals surface area (Å²) in [4.78, 5) is 5.58. The molecule has 1 aromatic heterocycles. The second-order valence-electron chi connectivity index (χ2n) is 4.47. The van der Waals surface area contributed by atoms with Crippen molar-refractivity contribution in [1.82, 2.24) is 15.5 Å². The molecule has 1 heterocycles. The van der Waals surface area contributed by atoms with Crippen molar-refractivity contribution in [3.63, 3.8) is 0 Å². The molecule has 2 rings (SSSR count). The minimum Gasteiger partial charge on any atom is -0.383 e. The van der Waals surface area contributed by atoms with Crippen LogP contribution in [0.1, 0.15) is 11.7 Å². The Bertz CT molecular complexity index is 565. The Balaban J connectivity index is 1.90. The number of hydrogen-bond acceptors (Lipinski definition) is 6. The van der Waals surface area contributed by atoms with Gasteiger partial charge in [-0.25, -0.2) is 0 Å². The molecule has 0 amide bonds. The first-order valence-corrected chi connectivity index (χ1v) is 8.35. The number of hydrogen-bond donors (Lipinski definition) is 1. The van der Waals surface area contributed by atoms with Crippen LogP contribution in [-0.4, -0.2) is 36.9 Å². The fraction of sp³-hybridized carbons (Fsp3) is 0.429. The molecular weight excluding hydrogens is 354 g/mol. The maximum Gasteiger partial charge on any atom is 0.228 e. The van der Waals surface area contributed by atoms with Crippen molar-refractivity contribution in [3.8, 4) is 0 Å². The Labute approximate surface area is 137 Å². The predicted octanol–water partition coefficient (Wildman–Crippen LogP) is 2.90. The van der Waals surface area contributed by atoms with E-state index < -0.39 is 0 Å². The highest BCUT2D eigenvalue weighted by atomic mass is 79.9. The van der Waals surface area contributed by atoms with Gasteiger partial charge in [-0.2, -0.15) is 4.98 Å². The van der Waals surface area contributed by atoms with Gasteiger partial charge in [0.15, 0.2) is 5.82 Å². The molecule has 5 nitrogen and oxygen atoms in total. The number of rotatable bonds is 8. The van der Waals surface area contributed by atoms with Gasteiger partial charge in [-0.3, -0.25) is 0 Å². The van der Waals surface area contributed by atoms with Gasteiger partial charge in [0.25, 0.3) is 0 Å². The van der Waals surface area contributed by atoms with Crippen LogP contribution >= 0.6 is 27.7 Å². The third-order valence-corrected chi connectivity index (χ3v) is 4.92. The molecule has 0 fully saturated rings. The van der Waals surface area contributed by atoms with E-state index >= 15 is 0 Å². The van der Waals surface area contributed by atoms with E-state index in [2.05, 4.69) is 37.5 Å². The summed E-state index contributed by atoms with van der Waals surface area (Å²) in [5.41, 5.74) is 0. The van der Waals surface area contributed by atoms with Crippen LogP contribution in [-0.2, 0) is 16.9 Å². The normalized spacial score (nSPS) is 12.5. The maximum atomic E-state index is 5.28. The van der Waals surface area contributed by atoms with Crippen molar-refractivity contribution in [2.45, 2.75) is 23.1 Å². The maximum absolute atomic E-state index is 5.28. The van der Waals surface area contributed by atoms with Gasteiger partial charge >= 0.3 is 0 Å². The second-order valence-corrected chi connectivity index (χ2v) is 6.34. The lowest BCUT2D eigenvalue weighted by atomic mass is 10.2. The summed E-state index contributed by atoms with van der Waals surface area (Å²) < 4.78 is 11.5. The molecule has 0 spiro atoms. The van der Waals surface area contributed by atoms with Gasteiger partial charge in [-0.1, -0.05) is 17.3 Å². The number of nitrogens with one attached hydrogen (secondary N) is 1.